The lowest BCUT2D eigenvalue weighted by Crippen LogP contribution is -2.00. The number of hydrogen-bond donors (Lipinski definition) is 0. The van der Waals surface area contributed by atoms with Crippen LogP contribution in [-0.4, -0.2) is 5.78 Å². The highest BCUT2D eigenvalue weighted by molar-refractivity contribution is 6.08. The number of rotatable bonds is 0. The molecule has 1 heteroatoms. The quantitative estimate of drug-likeness (QED) is 0.444. The molecule has 0 radical (unpaired) electrons. The van der Waals surface area contributed by atoms with Crippen LogP contribution in [0.15, 0.2) is 36.0 Å². The zero-order chi connectivity index (χ0) is 6.85. The highest BCUT2D eigenvalue weighted by Gasteiger charge is 2.06. The number of carbonyl (C=O) groups excluding carboxylic acids is 1. The van der Waals surface area contributed by atoms with E-state index in [-0.39, 0.29) is 5.78 Å². The minimum Gasteiger partial charge on any atom is -0.289 e. The Kier molecular flexibility index (Phi) is 1.35. The van der Waals surface area contributed by atoms with Crippen molar-refractivity contribution in [1.29, 1.82) is 0 Å². The monoisotopic (exact) mass is 120 g/mol. The summed E-state index contributed by atoms with van der Waals surface area (Å²) in [5.74, 6) is 0.0231. The summed E-state index contributed by atoms with van der Waals surface area (Å²) >= 11 is 0. The second-order valence-electron chi connectivity index (χ2n) is 2.05. The van der Waals surface area contributed by atoms with Crippen LogP contribution in [0, 0.1) is 0 Å². The predicted molar refractivity (Wildman–Crippen MR) is 37.0 cm³/mol. The molecule has 0 fully saturated rings. The molecule has 1 rings (SSSR count). The summed E-state index contributed by atoms with van der Waals surface area (Å²) in [6, 6.07) is 0. The Hall–Kier alpha value is -1.11. The minimum atomic E-state index is 0.0231. The average molecular weight is 120 g/mol. The normalized spacial score (nSPS) is 18.1. The van der Waals surface area contributed by atoms with Crippen LogP contribution in [0.25, 0.3) is 0 Å². The van der Waals surface area contributed by atoms with Crippen LogP contribution < -0.4 is 0 Å². The first-order chi connectivity index (χ1) is 4.22. The van der Waals surface area contributed by atoms with Crippen LogP contribution >= 0.6 is 0 Å². The lowest BCUT2D eigenvalue weighted by molar-refractivity contribution is -0.111. The largest absolute Gasteiger partial charge is 0.289 e. The van der Waals surface area contributed by atoms with E-state index in [1.165, 1.54) is 6.08 Å². The van der Waals surface area contributed by atoms with E-state index in [1.54, 1.807) is 6.08 Å². The molecule has 0 spiro atoms. The summed E-state index contributed by atoms with van der Waals surface area (Å²) in [6.07, 6.45) is 5.14. The number of hydrogen-bond acceptors (Lipinski definition) is 1. The van der Waals surface area contributed by atoms with E-state index in [0.29, 0.717) is 5.57 Å². The van der Waals surface area contributed by atoms with Crippen molar-refractivity contribution in [2.75, 3.05) is 0 Å². The first-order valence-electron chi connectivity index (χ1n) is 2.80. The van der Waals surface area contributed by atoms with E-state index in [1.807, 2.05) is 13.0 Å². The van der Waals surface area contributed by atoms with Crippen molar-refractivity contribution in [3.63, 3.8) is 0 Å². The smallest absolute Gasteiger partial charge is 0.185 e. The standard InChI is InChI=1S/C8H8O/c1-6-4-3-5-8(9)7(6)2/h3-5H,2H2,1H3. The summed E-state index contributed by atoms with van der Waals surface area (Å²) < 4.78 is 0. The molecule has 0 heterocycles. The van der Waals surface area contributed by atoms with E-state index >= 15 is 0 Å². The Bertz CT molecular complexity index is 219. The fraction of sp³-hybridized carbons (Fsp3) is 0.125. The molecule has 0 aromatic carbocycles. The van der Waals surface area contributed by atoms with Crippen LogP contribution in [0.2, 0.25) is 0 Å². The third-order valence-corrected chi connectivity index (χ3v) is 1.37. The Morgan fingerprint density at radius 1 is 1.56 bits per heavy atom. The molecule has 0 bridgehead atoms. The Morgan fingerprint density at radius 2 is 2.22 bits per heavy atom. The third-order valence-electron chi connectivity index (χ3n) is 1.37. The van der Waals surface area contributed by atoms with Gasteiger partial charge in [0.25, 0.3) is 0 Å². The van der Waals surface area contributed by atoms with Gasteiger partial charge in [0.1, 0.15) is 0 Å². The Morgan fingerprint density at radius 3 is 2.67 bits per heavy atom. The molecular weight excluding hydrogens is 112 g/mol. The van der Waals surface area contributed by atoms with Crippen LogP contribution in [0.5, 0.6) is 0 Å². The van der Waals surface area contributed by atoms with E-state index in [2.05, 4.69) is 6.58 Å². The van der Waals surface area contributed by atoms with Crippen LogP contribution in [0.1, 0.15) is 6.92 Å². The molecule has 0 saturated carbocycles. The first-order valence-corrected chi connectivity index (χ1v) is 2.80. The fourth-order valence-corrected chi connectivity index (χ4v) is 0.675. The van der Waals surface area contributed by atoms with Crippen molar-refractivity contribution in [3.8, 4) is 0 Å². The summed E-state index contributed by atoms with van der Waals surface area (Å²) in [4.78, 5) is 10.8. The van der Waals surface area contributed by atoms with Gasteiger partial charge < -0.3 is 0 Å². The van der Waals surface area contributed by atoms with Crippen LogP contribution in [-0.2, 0) is 4.79 Å². The van der Waals surface area contributed by atoms with E-state index < -0.39 is 0 Å². The van der Waals surface area contributed by atoms with Gasteiger partial charge in [-0.15, -0.1) is 0 Å². The summed E-state index contributed by atoms with van der Waals surface area (Å²) in [6.45, 7) is 5.49. The molecule has 0 aliphatic heterocycles. The first kappa shape index (κ1) is 6.02. The van der Waals surface area contributed by atoms with Gasteiger partial charge >= 0.3 is 0 Å². The lowest BCUT2D eigenvalue weighted by Gasteiger charge is -2.03. The Labute approximate surface area is 54.4 Å². The van der Waals surface area contributed by atoms with Crippen LogP contribution in [0.4, 0.5) is 0 Å². The highest BCUT2D eigenvalue weighted by Crippen LogP contribution is 2.12. The molecule has 0 aromatic rings. The van der Waals surface area contributed by atoms with Gasteiger partial charge in [-0.2, -0.15) is 0 Å². The molecule has 0 atom stereocenters. The zero-order valence-electron chi connectivity index (χ0n) is 5.35. The van der Waals surface area contributed by atoms with Gasteiger partial charge in [-0.3, -0.25) is 4.79 Å². The molecule has 1 nitrogen and oxygen atoms in total. The van der Waals surface area contributed by atoms with Crippen molar-refractivity contribution in [3.05, 3.63) is 36.0 Å². The highest BCUT2D eigenvalue weighted by atomic mass is 16.1. The zero-order valence-corrected chi connectivity index (χ0v) is 5.35. The van der Waals surface area contributed by atoms with Gasteiger partial charge in [0.05, 0.1) is 0 Å². The summed E-state index contributed by atoms with van der Waals surface area (Å²) in [5, 5.41) is 0. The number of allylic oxidation sites excluding steroid dienone is 5. The maximum absolute atomic E-state index is 10.8. The fourth-order valence-electron chi connectivity index (χ4n) is 0.675. The summed E-state index contributed by atoms with van der Waals surface area (Å²) in [5.41, 5.74) is 1.57. The van der Waals surface area contributed by atoms with Crippen LogP contribution in [0.3, 0.4) is 0 Å². The molecule has 0 saturated heterocycles. The molecule has 0 unspecified atom stereocenters. The SMILES string of the molecule is C=C1C(=O)C=CC=C1C. The van der Waals surface area contributed by atoms with Gasteiger partial charge in [-0.1, -0.05) is 18.7 Å². The third kappa shape index (κ3) is 0.992. The predicted octanol–water partition coefficient (Wildman–Crippen LogP) is 1.63. The molecule has 0 amide bonds. The van der Waals surface area contributed by atoms with Gasteiger partial charge in [0.15, 0.2) is 5.78 Å². The molecule has 0 N–H and O–H groups in total. The second-order valence-corrected chi connectivity index (χ2v) is 2.05. The minimum absolute atomic E-state index is 0.0231. The molecule has 0 aromatic heterocycles. The maximum atomic E-state index is 10.8. The number of ketones is 1. The van der Waals surface area contributed by atoms with Crippen molar-refractivity contribution in [1.82, 2.24) is 0 Å². The molecule has 46 valence electrons. The van der Waals surface area contributed by atoms with Crippen molar-refractivity contribution < 1.29 is 4.79 Å². The molecule has 9 heavy (non-hydrogen) atoms. The van der Waals surface area contributed by atoms with Crippen molar-refractivity contribution in [2.24, 2.45) is 0 Å². The topological polar surface area (TPSA) is 17.1 Å². The number of carbonyl (C=O) groups is 1. The van der Waals surface area contributed by atoms with E-state index in [4.69, 9.17) is 0 Å². The second kappa shape index (κ2) is 2.02. The van der Waals surface area contributed by atoms with Crippen molar-refractivity contribution in [2.45, 2.75) is 6.92 Å². The Balaban J connectivity index is 3.00. The van der Waals surface area contributed by atoms with E-state index in [9.17, 15) is 4.79 Å². The summed E-state index contributed by atoms with van der Waals surface area (Å²) in [7, 11) is 0. The molecule has 1 aliphatic carbocycles. The van der Waals surface area contributed by atoms with Gasteiger partial charge in [-0.05, 0) is 18.6 Å². The molecule has 1 aliphatic rings. The van der Waals surface area contributed by atoms with Gasteiger partial charge in [-0.25, -0.2) is 0 Å². The van der Waals surface area contributed by atoms with E-state index in [0.717, 1.165) is 5.57 Å². The van der Waals surface area contributed by atoms with Gasteiger partial charge in [0, 0.05) is 5.57 Å². The maximum Gasteiger partial charge on any atom is 0.185 e. The van der Waals surface area contributed by atoms with Gasteiger partial charge in [0.2, 0.25) is 0 Å². The lowest BCUT2D eigenvalue weighted by atomic mass is 10.0. The van der Waals surface area contributed by atoms with Crippen molar-refractivity contribution >= 4 is 5.78 Å². The average Bonchev–Trinajstić information content (AvgIpc) is 1.83. The molecular formula is C8H8O.